The number of ether oxygens (including phenoxy) is 4. The number of Topliss-reactive ketones (excluding diaryl/α,β-unsaturated/α-hetero) is 1. The van der Waals surface area contributed by atoms with Gasteiger partial charge in [-0.1, -0.05) is 71.0 Å². The number of benzene rings is 5. The fraction of sp³-hybridized carbons (Fsp3) is 0.273. The third kappa shape index (κ3) is 16.4. The molecule has 1 unspecified atom stereocenters. The van der Waals surface area contributed by atoms with Gasteiger partial charge in [-0.2, -0.15) is 0 Å². The van der Waals surface area contributed by atoms with Gasteiger partial charge in [-0.05, 0) is 212 Å². The number of ketones is 1. The fourth-order valence-corrected chi connectivity index (χ4v) is 11.5. The standard InChI is InChI=1S/C55H50Br6N4O11/c1-54(2,3)76-53(70)63-18-11-10-16-34-21-38(57)50(39(58)22-34)73-44-26-35(20-37(56)48(44)67)17-19-62-52(69)43(64-71-30-32-12-6-4-7-13-32)25-36-23-40(59)51(41(60)24-36)74-45-29-55(28-42(61)49(45)68)46(27-47(66)75-55)65-72-31-33-14-8-5-9-15-33/h4-9,12-15,20-24,26,28-29,67H,10-11,16-19,25,27,30-31H2,1-3H3,(H,62,69)(H,63,70)/b64-43-,65-46+. The number of nitrogens with zero attached hydrogens (tertiary/aromatic N) is 2. The van der Waals surface area contributed by atoms with Gasteiger partial charge in [0.15, 0.2) is 34.4 Å². The Bertz CT molecular complexity index is 3060. The molecule has 1 atom stereocenters. The Morgan fingerprint density at radius 1 is 0.684 bits per heavy atom. The third-order valence-electron chi connectivity index (χ3n) is 11.2. The van der Waals surface area contributed by atoms with Crippen LogP contribution in [0.1, 0.15) is 67.9 Å². The quantitative estimate of drug-likeness (QED) is 0.0274. The summed E-state index contributed by atoms with van der Waals surface area (Å²) in [6, 6.07) is 29.6. The summed E-state index contributed by atoms with van der Waals surface area (Å²) in [6.07, 6.45) is 4.93. The molecule has 1 fully saturated rings. The van der Waals surface area contributed by atoms with E-state index in [0.717, 1.165) is 41.5 Å². The summed E-state index contributed by atoms with van der Waals surface area (Å²) in [6.45, 7) is 6.39. The van der Waals surface area contributed by atoms with Crippen molar-refractivity contribution < 1.29 is 52.9 Å². The van der Waals surface area contributed by atoms with Gasteiger partial charge in [0, 0.05) is 25.6 Å². The second-order valence-corrected chi connectivity index (χ2v) is 23.5. The maximum Gasteiger partial charge on any atom is 0.407 e. The lowest BCUT2D eigenvalue weighted by Gasteiger charge is -2.26. The van der Waals surface area contributed by atoms with Gasteiger partial charge < -0.3 is 44.4 Å². The number of rotatable bonds is 21. The van der Waals surface area contributed by atoms with E-state index in [9.17, 15) is 24.3 Å². The van der Waals surface area contributed by atoms with Crippen LogP contribution in [0.25, 0.3) is 0 Å². The van der Waals surface area contributed by atoms with Crippen LogP contribution < -0.4 is 20.1 Å². The van der Waals surface area contributed by atoms with Gasteiger partial charge in [0.05, 0.1) is 33.3 Å². The number of allylic oxidation sites excluding steroid dienone is 1. The molecule has 0 radical (unpaired) electrons. The number of carbonyl (C=O) groups is 4. The SMILES string of the molecule is CC(C)(C)OC(=O)NCCCCc1cc(Br)c(Oc2cc(CCNC(=O)/C(Cc3cc(Br)c(OC4=CC5(C=C(Br)C4=O)OC(=O)C/C5=N\OCc4ccccc4)c(Br)c3)=N\OCc3ccccc3)cc(Br)c2O)c(Br)c1. The summed E-state index contributed by atoms with van der Waals surface area (Å²) >= 11 is 21.2. The summed E-state index contributed by atoms with van der Waals surface area (Å²) in [5, 5.41) is 25.3. The molecule has 1 aliphatic heterocycles. The molecule has 1 spiro atoms. The van der Waals surface area contributed by atoms with Crippen molar-refractivity contribution in [3.63, 3.8) is 0 Å². The molecule has 76 heavy (non-hydrogen) atoms. The van der Waals surface area contributed by atoms with E-state index in [1.807, 2.05) is 93.6 Å². The van der Waals surface area contributed by atoms with E-state index in [-0.39, 0.29) is 71.5 Å². The maximum absolute atomic E-state index is 14.0. The third-order valence-corrected chi connectivity index (χ3v) is 14.7. The highest BCUT2D eigenvalue weighted by Crippen LogP contribution is 2.44. The zero-order chi connectivity index (χ0) is 54.6. The Labute approximate surface area is 490 Å². The van der Waals surface area contributed by atoms with Crippen LogP contribution in [0.5, 0.6) is 23.0 Å². The Balaban J connectivity index is 1.01. The zero-order valence-electron chi connectivity index (χ0n) is 41.2. The second-order valence-electron chi connectivity index (χ2n) is 18.3. The largest absolute Gasteiger partial charge is 0.503 e. The monoisotopic (exact) mass is 1420 g/mol. The highest BCUT2D eigenvalue weighted by Gasteiger charge is 2.48. The maximum atomic E-state index is 14.0. The molecule has 7 rings (SSSR count). The van der Waals surface area contributed by atoms with Crippen LogP contribution in [0.15, 0.2) is 152 Å². The average Bonchev–Trinajstić information content (AvgIpc) is 3.66. The van der Waals surface area contributed by atoms with Crippen LogP contribution in [0.2, 0.25) is 0 Å². The number of aryl methyl sites for hydroxylation is 1. The minimum Gasteiger partial charge on any atom is -0.503 e. The van der Waals surface area contributed by atoms with E-state index in [1.165, 1.54) is 12.2 Å². The molecule has 15 nitrogen and oxygen atoms in total. The number of unbranched alkanes of at least 4 members (excludes halogenated alkanes) is 1. The minimum absolute atomic E-state index is 0.0203. The lowest BCUT2D eigenvalue weighted by molar-refractivity contribution is -0.143. The molecule has 0 saturated carbocycles. The van der Waals surface area contributed by atoms with Gasteiger partial charge in [-0.3, -0.25) is 14.4 Å². The van der Waals surface area contributed by atoms with E-state index in [2.05, 4.69) is 117 Å². The first-order valence-corrected chi connectivity index (χ1v) is 28.4. The molecular formula is C55H50Br6N4O11. The van der Waals surface area contributed by atoms with Crippen molar-refractivity contribution in [1.82, 2.24) is 10.6 Å². The van der Waals surface area contributed by atoms with Crippen LogP contribution in [-0.4, -0.2) is 64.6 Å². The van der Waals surface area contributed by atoms with Crippen molar-refractivity contribution in [3.05, 3.63) is 170 Å². The highest BCUT2D eigenvalue weighted by atomic mass is 79.9. The lowest BCUT2D eigenvalue weighted by Crippen LogP contribution is -2.37. The highest BCUT2D eigenvalue weighted by molar-refractivity contribution is 9.12. The number of alkyl carbamates (subject to hydrolysis) is 1. The van der Waals surface area contributed by atoms with Crippen molar-refractivity contribution in [2.24, 2.45) is 10.3 Å². The topological polar surface area (TPSA) is 193 Å². The van der Waals surface area contributed by atoms with Crippen molar-refractivity contribution in [1.29, 1.82) is 0 Å². The Morgan fingerprint density at radius 3 is 1.89 bits per heavy atom. The van der Waals surface area contributed by atoms with E-state index >= 15 is 0 Å². The molecule has 398 valence electrons. The molecule has 1 heterocycles. The summed E-state index contributed by atoms with van der Waals surface area (Å²) < 4.78 is 26.2. The molecule has 0 aromatic heterocycles. The van der Waals surface area contributed by atoms with E-state index in [1.54, 1.807) is 24.3 Å². The summed E-state index contributed by atoms with van der Waals surface area (Å²) in [7, 11) is 0. The molecule has 0 bridgehead atoms. The van der Waals surface area contributed by atoms with Crippen molar-refractivity contribution >= 4 is 131 Å². The molecule has 2 aliphatic rings. The van der Waals surface area contributed by atoms with Crippen molar-refractivity contribution in [3.8, 4) is 23.0 Å². The number of hydrogen-bond acceptors (Lipinski definition) is 13. The predicted molar refractivity (Wildman–Crippen MR) is 309 cm³/mol. The molecule has 2 amide bonds. The summed E-state index contributed by atoms with van der Waals surface area (Å²) in [5.41, 5.74) is 2.34. The smallest absolute Gasteiger partial charge is 0.407 e. The first-order chi connectivity index (χ1) is 36.3. The van der Waals surface area contributed by atoms with Crippen LogP contribution >= 0.6 is 95.6 Å². The molecule has 1 saturated heterocycles. The summed E-state index contributed by atoms with van der Waals surface area (Å²) in [5.74, 6) is -0.931. The number of aromatic hydroxyl groups is 1. The first kappa shape index (κ1) is 58.4. The van der Waals surface area contributed by atoms with Crippen LogP contribution in [0.3, 0.4) is 0 Å². The van der Waals surface area contributed by atoms with Crippen LogP contribution in [0, 0.1) is 0 Å². The van der Waals surface area contributed by atoms with Gasteiger partial charge >= 0.3 is 12.1 Å². The van der Waals surface area contributed by atoms with E-state index < -0.39 is 35.0 Å². The summed E-state index contributed by atoms with van der Waals surface area (Å²) in [4.78, 5) is 63.5. The second kappa shape index (κ2) is 26.8. The van der Waals surface area contributed by atoms with Crippen molar-refractivity contribution in [2.45, 2.75) is 83.7 Å². The molecule has 21 heteroatoms. The van der Waals surface area contributed by atoms with Crippen LogP contribution in [-0.2, 0) is 66.0 Å². The first-order valence-electron chi connectivity index (χ1n) is 23.7. The average molecular weight is 1420 g/mol. The van der Waals surface area contributed by atoms with Crippen molar-refractivity contribution in [2.75, 3.05) is 13.1 Å². The van der Waals surface area contributed by atoms with Gasteiger partial charge in [0.2, 0.25) is 5.78 Å². The molecular weight excluding hydrogens is 1370 g/mol. The number of amides is 2. The lowest BCUT2D eigenvalue weighted by atomic mass is 9.91. The Kier molecular flexibility index (Phi) is 20.6. The number of nitrogens with one attached hydrogen (secondary N) is 2. The van der Waals surface area contributed by atoms with E-state index in [0.29, 0.717) is 46.6 Å². The van der Waals surface area contributed by atoms with Gasteiger partial charge in [0.1, 0.15) is 30.2 Å². The number of phenols is 1. The van der Waals surface area contributed by atoms with Gasteiger partial charge in [0.25, 0.3) is 5.91 Å². The molecule has 5 aromatic rings. The Morgan fingerprint density at radius 2 is 1.26 bits per heavy atom. The number of halogens is 6. The fourth-order valence-electron chi connectivity index (χ4n) is 7.62. The number of hydrogen-bond donors (Lipinski definition) is 3. The predicted octanol–water partition coefficient (Wildman–Crippen LogP) is 13.7. The zero-order valence-corrected chi connectivity index (χ0v) is 50.7. The molecule has 3 N–H and O–H groups in total. The normalized spacial score (nSPS) is 16.0. The number of esters is 1. The number of phenolic OH excluding ortho intramolecular Hbond substituents is 1. The molecule has 1 aliphatic carbocycles. The van der Waals surface area contributed by atoms with Gasteiger partial charge in [-0.15, -0.1) is 0 Å². The number of oxime groups is 2. The van der Waals surface area contributed by atoms with E-state index in [4.69, 9.17) is 28.6 Å². The molecule has 5 aromatic carbocycles. The minimum atomic E-state index is -1.54. The number of carbonyl (C=O) groups excluding carboxylic acids is 4. The van der Waals surface area contributed by atoms with Crippen LogP contribution in [0.4, 0.5) is 4.79 Å². The Hall–Kier alpha value is -5.32. The van der Waals surface area contributed by atoms with Gasteiger partial charge in [-0.25, -0.2) is 4.79 Å².